The maximum Gasteiger partial charge on any atom is 0.143 e. The summed E-state index contributed by atoms with van der Waals surface area (Å²) in [6.45, 7) is 9.08. The van der Waals surface area contributed by atoms with Gasteiger partial charge in [-0.1, -0.05) is 303 Å². The molecular formula is C102H72N2O2. The summed E-state index contributed by atoms with van der Waals surface area (Å²) in [6, 6.07) is 135. The molecule has 4 heteroatoms. The Bertz CT molecular complexity index is 6050. The zero-order valence-electron chi connectivity index (χ0n) is 59.4. The molecular weight excluding hydrogens is 1290 g/mol. The lowest BCUT2D eigenvalue weighted by molar-refractivity contribution is 0.669. The third-order valence-electron chi connectivity index (χ3n) is 22.9. The van der Waals surface area contributed by atoms with Crippen LogP contribution in [0.15, 0.2) is 373 Å². The smallest absolute Gasteiger partial charge is 0.143 e. The van der Waals surface area contributed by atoms with Gasteiger partial charge in [-0.05, 0) is 189 Å². The Morgan fingerprint density at radius 2 is 0.547 bits per heavy atom. The molecule has 4 nitrogen and oxygen atoms in total. The van der Waals surface area contributed by atoms with Gasteiger partial charge in [-0.3, -0.25) is 0 Å². The van der Waals surface area contributed by atoms with Gasteiger partial charge in [0.15, 0.2) is 0 Å². The van der Waals surface area contributed by atoms with Crippen LogP contribution in [0, 0.1) is 27.7 Å². The fraction of sp³-hybridized carbons (Fsp3) is 0.0588. The Kier molecular flexibility index (Phi) is 14.6. The van der Waals surface area contributed by atoms with E-state index in [4.69, 9.17) is 8.83 Å². The molecule has 0 radical (unpaired) electrons. The van der Waals surface area contributed by atoms with Crippen molar-refractivity contribution in [2.24, 2.45) is 0 Å². The van der Waals surface area contributed by atoms with E-state index in [1.807, 2.05) is 0 Å². The summed E-state index contributed by atoms with van der Waals surface area (Å²) in [7, 11) is 0. The lowest BCUT2D eigenvalue weighted by Gasteiger charge is -2.36. The quantitative estimate of drug-likeness (QED) is 0.115. The highest BCUT2D eigenvalue weighted by atomic mass is 16.3. The minimum atomic E-state index is -0.617. The number of furan rings is 2. The lowest BCUT2D eigenvalue weighted by atomic mass is 9.67. The van der Waals surface area contributed by atoms with Gasteiger partial charge in [0.25, 0.3) is 0 Å². The number of fused-ring (bicyclic) bond motifs is 12. The van der Waals surface area contributed by atoms with Crippen molar-refractivity contribution in [2.75, 3.05) is 9.80 Å². The Balaban J connectivity index is 0.779. The first kappa shape index (κ1) is 62.5. The van der Waals surface area contributed by atoms with Crippen LogP contribution in [0.5, 0.6) is 0 Å². The Hall–Kier alpha value is -13.3. The van der Waals surface area contributed by atoms with Crippen molar-refractivity contribution in [1.29, 1.82) is 0 Å². The summed E-state index contributed by atoms with van der Waals surface area (Å²) >= 11 is 0. The number of aryl methyl sites for hydroxylation is 4. The molecule has 0 saturated heterocycles. The number of benzene rings is 16. The number of hydrogen-bond acceptors (Lipinski definition) is 4. The average molecular weight is 1360 g/mol. The highest BCUT2D eigenvalue weighted by molar-refractivity contribution is 6.13. The molecule has 2 heterocycles. The van der Waals surface area contributed by atoms with Crippen LogP contribution in [-0.4, -0.2) is 0 Å². The zero-order chi connectivity index (χ0) is 70.8. The minimum Gasteiger partial charge on any atom is -0.455 e. The van der Waals surface area contributed by atoms with Crippen LogP contribution in [-0.2, 0) is 10.8 Å². The summed E-state index contributed by atoms with van der Waals surface area (Å²) in [6.07, 6.45) is 0. The second kappa shape index (κ2) is 24.7. The molecule has 16 aromatic carbocycles. The van der Waals surface area contributed by atoms with Crippen molar-refractivity contribution >= 4 is 78.0 Å². The molecule has 0 saturated carbocycles. The predicted octanol–water partition coefficient (Wildman–Crippen LogP) is 27.4. The van der Waals surface area contributed by atoms with Gasteiger partial charge >= 0.3 is 0 Å². The molecule has 2 aliphatic rings. The SMILES string of the molecule is Cc1cc(-c2ccc(N(c3ccc4c(c3)C(c3ccccc3)(c3ccccc3)c3ccccc3-4)c3c(C)cccc3-c3cccc4c3oc3ccccc34)c(C)c2)ccc1N(c1ccc2c(c1)C(c1ccccc1)(c1ccccc1)c1ccccc1-2)c1c(C)cccc1-c1cccc2c1oc1ccccc12. The number of rotatable bonds is 13. The van der Waals surface area contributed by atoms with Crippen LogP contribution in [0.2, 0.25) is 0 Å². The van der Waals surface area contributed by atoms with Gasteiger partial charge in [0.2, 0.25) is 0 Å². The second-order valence-corrected chi connectivity index (χ2v) is 28.7. The summed E-state index contributed by atoms with van der Waals surface area (Å²) in [5.74, 6) is 0. The Morgan fingerprint density at radius 1 is 0.226 bits per heavy atom. The molecule has 0 atom stereocenters. The van der Waals surface area contributed by atoms with Gasteiger partial charge in [0.05, 0.1) is 22.2 Å². The fourth-order valence-corrected chi connectivity index (χ4v) is 18.4. The van der Waals surface area contributed by atoms with Crippen LogP contribution in [0.4, 0.5) is 34.1 Å². The zero-order valence-corrected chi connectivity index (χ0v) is 59.4. The van der Waals surface area contributed by atoms with E-state index in [9.17, 15) is 0 Å². The first-order valence-electron chi connectivity index (χ1n) is 36.8. The Labute approximate surface area is 617 Å². The van der Waals surface area contributed by atoms with Gasteiger partial charge in [-0.2, -0.15) is 0 Å². The number of anilines is 6. The molecule has 0 N–H and O–H groups in total. The van der Waals surface area contributed by atoms with E-state index < -0.39 is 10.8 Å². The van der Waals surface area contributed by atoms with E-state index in [0.717, 1.165) is 134 Å². The van der Waals surface area contributed by atoms with Crippen molar-refractivity contribution < 1.29 is 8.83 Å². The summed E-state index contributed by atoms with van der Waals surface area (Å²) < 4.78 is 13.8. The largest absolute Gasteiger partial charge is 0.455 e. The molecule has 18 aromatic rings. The summed E-state index contributed by atoms with van der Waals surface area (Å²) in [5, 5.41) is 4.39. The molecule has 0 spiro atoms. The number of para-hydroxylation sites is 6. The molecule has 0 bridgehead atoms. The maximum atomic E-state index is 6.92. The average Bonchev–Trinajstić information content (AvgIpc) is 1.54. The highest BCUT2D eigenvalue weighted by Gasteiger charge is 2.48. The number of nitrogens with zero attached hydrogens (tertiary/aromatic N) is 2. The van der Waals surface area contributed by atoms with E-state index in [0.29, 0.717) is 0 Å². The monoisotopic (exact) mass is 1360 g/mol. The van der Waals surface area contributed by atoms with Crippen LogP contribution >= 0.6 is 0 Å². The van der Waals surface area contributed by atoms with Gasteiger partial charge in [0, 0.05) is 66.5 Å². The van der Waals surface area contributed by atoms with Gasteiger partial charge in [0.1, 0.15) is 22.3 Å². The van der Waals surface area contributed by atoms with E-state index in [-0.39, 0.29) is 0 Å². The van der Waals surface area contributed by atoms with Gasteiger partial charge in [-0.25, -0.2) is 0 Å². The van der Waals surface area contributed by atoms with Crippen LogP contribution in [0.1, 0.15) is 66.8 Å². The topological polar surface area (TPSA) is 32.8 Å². The molecule has 2 aliphatic carbocycles. The van der Waals surface area contributed by atoms with Crippen molar-refractivity contribution in [1.82, 2.24) is 0 Å². The first-order chi connectivity index (χ1) is 52.2. The number of hydrogen-bond donors (Lipinski definition) is 0. The standard InChI is InChI=1S/C102H72N2O2/c1-65-29-25-43-83(87-47-27-45-85-81-41-19-23-51-95(81)105-99(85)87)97(65)103(75-55-57-79-77-39-17-21-49-89(77)101(91(79)63-75,71-31-9-5-10-32-71)72-33-11-6-12-34-72)93-59-53-69(61-67(93)3)70-54-60-94(68(4)62-70)104(98-66(2)30-26-44-84(98)88-48-28-46-86-82-42-20-24-52-96(82)106-100(86)88)76-56-58-80-78-40-18-22-50-90(78)102(92(80)64-76,73-35-13-7-14-36-73)74-37-15-8-16-38-74/h5-64H,1-4H3. The van der Waals surface area contributed by atoms with E-state index >= 15 is 0 Å². The fourth-order valence-electron chi connectivity index (χ4n) is 18.4. The van der Waals surface area contributed by atoms with Crippen LogP contribution in [0.25, 0.3) is 99.5 Å². The summed E-state index contributed by atoms with van der Waals surface area (Å²) in [5.41, 5.74) is 34.5. The first-order valence-corrected chi connectivity index (χ1v) is 36.8. The van der Waals surface area contributed by atoms with Gasteiger partial charge < -0.3 is 18.6 Å². The normalized spacial score (nSPS) is 13.1. The van der Waals surface area contributed by atoms with E-state index in [2.05, 4.69) is 401 Å². The molecule has 2 aromatic heterocycles. The molecule has 0 amide bonds. The van der Waals surface area contributed by atoms with E-state index in [1.165, 1.54) is 66.8 Å². The van der Waals surface area contributed by atoms with Crippen molar-refractivity contribution in [2.45, 2.75) is 38.5 Å². The molecule has 0 fully saturated rings. The van der Waals surface area contributed by atoms with Crippen molar-refractivity contribution in [3.8, 4) is 55.6 Å². The molecule has 20 rings (SSSR count). The predicted molar refractivity (Wildman–Crippen MR) is 440 cm³/mol. The van der Waals surface area contributed by atoms with E-state index in [1.54, 1.807) is 0 Å². The second-order valence-electron chi connectivity index (χ2n) is 28.7. The van der Waals surface area contributed by atoms with Crippen molar-refractivity contribution in [3.05, 3.63) is 431 Å². The molecule has 106 heavy (non-hydrogen) atoms. The van der Waals surface area contributed by atoms with Crippen molar-refractivity contribution in [3.63, 3.8) is 0 Å². The van der Waals surface area contributed by atoms with Crippen LogP contribution in [0.3, 0.4) is 0 Å². The molecule has 0 unspecified atom stereocenters. The maximum absolute atomic E-state index is 6.92. The summed E-state index contributed by atoms with van der Waals surface area (Å²) in [4.78, 5) is 5.07. The highest BCUT2D eigenvalue weighted by Crippen LogP contribution is 2.61. The van der Waals surface area contributed by atoms with Crippen LogP contribution < -0.4 is 9.80 Å². The third-order valence-corrected chi connectivity index (χ3v) is 22.9. The lowest BCUT2D eigenvalue weighted by Crippen LogP contribution is -2.28. The minimum absolute atomic E-state index is 0.617. The molecule has 502 valence electrons. The molecule has 0 aliphatic heterocycles. The Morgan fingerprint density at radius 3 is 0.943 bits per heavy atom. The third kappa shape index (κ3) is 9.40. The van der Waals surface area contributed by atoms with Gasteiger partial charge in [-0.15, -0.1) is 0 Å².